The first-order chi connectivity index (χ1) is 9.20. The third kappa shape index (κ3) is 1.92. The van der Waals surface area contributed by atoms with Crippen LogP contribution < -0.4 is 0 Å². The van der Waals surface area contributed by atoms with Crippen molar-refractivity contribution in [2.45, 2.75) is 24.9 Å². The zero-order valence-electron chi connectivity index (χ0n) is 11.6. The fourth-order valence-electron chi connectivity index (χ4n) is 4.09. The second-order valence-corrected chi connectivity index (χ2v) is 6.86. The molecule has 2 bridgehead atoms. The molecule has 4 heteroatoms. The topological polar surface area (TPSA) is 16.8 Å². The third-order valence-corrected chi connectivity index (χ3v) is 5.92. The van der Waals surface area contributed by atoms with Gasteiger partial charge in [0.2, 0.25) is 5.00 Å². The molecule has 102 valence electrons. The van der Waals surface area contributed by atoms with Crippen molar-refractivity contribution in [1.29, 1.82) is 0 Å². The van der Waals surface area contributed by atoms with E-state index in [2.05, 4.69) is 22.9 Å². The number of hydrogen-bond acceptors (Lipinski definition) is 3. The summed E-state index contributed by atoms with van der Waals surface area (Å²) >= 11 is 1.62. The van der Waals surface area contributed by atoms with E-state index in [9.17, 15) is 0 Å². The molecule has 0 radical (unpaired) electrons. The maximum Gasteiger partial charge on any atom is 0.241 e. The van der Waals surface area contributed by atoms with Crippen LogP contribution in [0.25, 0.3) is 4.85 Å². The summed E-state index contributed by atoms with van der Waals surface area (Å²) in [5.41, 5.74) is -0.141. The molecule has 1 aliphatic carbocycles. The standard InChI is InChI=1S/C15H20N2OS/c1-16-14-8-7-13(19-14)15(18-3)11-5-4-6-12(15)10-17(2)9-11/h7-8,11-12H,4-6,9-10H2,2-3H3. The van der Waals surface area contributed by atoms with Crippen LogP contribution in [0.4, 0.5) is 5.00 Å². The summed E-state index contributed by atoms with van der Waals surface area (Å²) in [5.74, 6) is 1.12. The van der Waals surface area contributed by atoms with Gasteiger partial charge in [-0.15, -0.1) is 0 Å². The predicted molar refractivity (Wildman–Crippen MR) is 77.6 cm³/mol. The van der Waals surface area contributed by atoms with Crippen molar-refractivity contribution in [3.8, 4) is 0 Å². The number of thiophene rings is 1. The minimum Gasteiger partial charge on any atom is -0.372 e. The molecule has 2 fully saturated rings. The fourth-order valence-corrected chi connectivity index (χ4v) is 5.21. The zero-order chi connectivity index (χ0) is 13.5. The number of nitrogens with zero attached hydrogens (tertiary/aromatic N) is 2. The molecule has 19 heavy (non-hydrogen) atoms. The van der Waals surface area contributed by atoms with Crippen LogP contribution in [0.15, 0.2) is 12.1 Å². The predicted octanol–water partition coefficient (Wildman–Crippen LogP) is 3.50. The molecule has 0 N–H and O–H groups in total. The van der Waals surface area contributed by atoms with Crippen molar-refractivity contribution in [1.82, 2.24) is 4.90 Å². The molecule has 2 atom stereocenters. The first-order valence-corrected chi connectivity index (χ1v) is 7.74. The largest absolute Gasteiger partial charge is 0.372 e. The normalized spacial score (nSPS) is 35.0. The second-order valence-electron chi connectivity index (χ2n) is 5.79. The molecule has 0 amide bonds. The smallest absolute Gasteiger partial charge is 0.241 e. The Kier molecular flexibility index (Phi) is 3.38. The Labute approximate surface area is 119 Å². The Morgan fingerprint density at radius 2 is 2.05 bits per heavy atom. The van der Waals surface area contributed by atoms with Gasteiger partial charge in [-0.25, -0.2) is 4.85 Å². The lowest BCUT2D eigenvalue weighted by atomic mass is 9.64. The number of ether oxygens (including phenoxy) is 1. The summed E-state index contributed by atoms with van der Waals surface area (Å²) < 4.78 is 6.12. The van der Waals surface area contributed by atoms with E-state index in [1.54, 1.807) is 11.3 Å². The number of likely N-dealkylation sites (tertiary alicyclic amines) is 1. The molecule has 1 aromatic rings. The Morgan fingerprint density at radius 3 is 2.58 bits per heavy atom. The van der Waals surface area contributed by atoms with Gasteiger partial charge in [0.05, 0.1) is 6.57 Å². The fraction of sp³-hybridized carbons (Fsp3) is 0.667. The van der Waals surface area contributed by atoms with E-state index in [4.69, 9.17) is 11.3 Å². The van der Waals surface area contributed by atoms with Crippen LogP contribution >= 0.6 is 11.3 Å². The molecule has 1 saturated heterocycles. The first kappa shape index (κ1) is 13.1. The summed E-state index contributed by atoms with van der Waals surface area (Å²) in [6, 6.07) is 4.07. The van der Waals surface area contributed by atoms with E-state index in [1.807, 2.05) is 13.2 Å². The Hall–Kier alpha value is -0.890. The van der Waals surface area contributed by atoms with E-state index in [0.29, 0.717) is 11.8 Å². The summed E-state index contributed by atoms with van der Waals surface area (Å²) in [6.45, 7) is 9.38. The quantitative estimate of drug-likeness (QED) is 0.769. The van der Waals surface area contributed by atoms with E-state index in [-0.39, 0.29) is 5.60 Å². The lowest BCUT2D eigenvalue weighted by Gasteiger charge is -2.54. The highest BCUT2D eigenvalue weighted by molar-refractivity contribution is 7.16. The third-order valence-electron chi connectivity index (χ3n) is 4.81. The summed E-state index contributed by atoms with van der Waals surface area (Å²) in [5, 5.41) is 0.781. The molecule has 3 nitrogen and oxygen atoms in total. The first-order valence-electron chi connectivity index (χ1n) is 6.92. The van der Waals surface area contributed by atoms with Gasteiger partial charge in [0.1, 0.15) is 5.60 Å². The van der Waals surface area contributed by atoms with E-state index in [1.165, 1.54) is 24.1 Å². The van der Waals surface area contributed by atoms with Gasteiger partial charge >= 0.3 is 0 Å². The van der Waals surface area contributed by atoms with Crippen LogP contribution in [0, 0.1) is 18.4 Å². The van der Waals surface area contributed by atoms with Crippen LogP contribution in [-0.2, 0) is 10.3 Å². The molecule has 3 rings (SSSR count). The Balaban J connectivity index is 2.04. The summed E-state index contributed by atoms with van der Waals surface area (Å²) in [6.07, 6.45) is 3.79. The molecule has 1 aromatic heterocycles. The Bertz CT molecular complexity index is 490. The van der Waals surface area contributed by atoms with Gasteiger partial charge in [-0.3, -0.25) is 0 Å². The maximum absolute atomic E-state index is 7.17. The summed E-state index contributed by atoms with van der Waals surface area (Å²) in [4.78, 5) is 7.27. The van der Waals surface area contributed by atoms with E-state index in [0.717, 1.165) is 18.1 Å². The lowest BCUT2D eigenvalue weighted by Crippen LogP contribution is -2.57. The Morgan fingerprint density at radius 1 is 1.37 bits per heavy atom. The van der Waals surface area contributed by atoms with E-state index >= 15 is 0 Å². The van der Waals surface area contributed by atoms with Crippen LogP contribution in [0.2, 0.25) is 0 Å². The van der Waals surface area contributed by atoms with Gasteiger partial charge in [-0.05, 0) is 26.0 Å². The maximum atomic E-state index is 7.17. The molecule has 0 aromatic carbocycles. The monoisotopic (exact) mass is 276 g/mol. The molecule has 2 aliphatic rings. The van der Waals surface area contributed by atoms with Crippen molar-refractivity contribution >= 4 is 16.3 Å². The summed E-state index contributed by atoms with van der Waals surface area (Å²) in [7, 11) is 4.07. The van der Waals surface area contributed by atoms with Crippen molar-refractivity contribution in [2.24, 2.45) is 11.8 Å². The highest BCUT2D eigenvalue weighted by Crippen LogP contribution is 2.53. The van der Waals surface area contributed by atoms with Crippen LogP contribution in [0.1, 0.15) is 24.1 Å². The molecule has 1 aliphatic heterocycles. The van der Waals surface area contributed by atoms with Gasteiger partial charge < -0.3 is 9.64 Å². The number of rotatable bonds is 2. The molecule has 2 unspecified atom stereocenters. The van der Waals surface area contributed by atoms with Gasteiger partial charge in [0.25, 0.3) is 0 Å². The van der Waals surface area contributed by atoms with Crippen molar-refractivity contribution in [3.63, 3.8) is 0 Å². The molecule has 1 saturated carbocycles. The van der Waals surface area contributed by atoms with Crippen LogP contribution in [0.5, 0.6) is 0 Å². The van der Waals surface area contributed by atoms with Crippen LogP contribution in [-0.4, -0.2) is 32.1 Å². The highest BCUT2D eigenvalue weighted by atomic mass is 32.1. The molecule has 0 spiro atoms. The highest BCUT2D eigenvalue weighted by Gasteiger charge is 2.53. The van der Waals surface area contributed by atoms with Gasteiger partial charge in [0.15, 0.2) is 0 Å². The number of fused-ring (bicyclic) bond motifs is 2. The van der Waals surface area contributed by atoms with Gasteiger partial charge in [-0.1, -0.05) is 12.5 Å². The number of methoxy groups -OCH3 is 1. The number of piperidine rings is 1. The average molecular weight is 276 g/mol. The van der Waals surface area contributed by atoms with Crippen molar-refractivity contribution < 1.29 is 4.74 Å². The minimum absolute atomic E-state index is 0.141. The van der Waals surface area contributed by atoms with Crippen LogP contribution in [0.3, 0.4) is 0 Å². The second kappa shape index (κ2) is 4.90. The molecular formula is C15H20N2OS. The SMILES string of the molecule is [C-]#[N+]c1ccc(C2(OC)C3CCCC2CN(C)C3)s1. The zero-order valence-corrected chi connectivity index (χ0v) is 12.4. The van der Waals surface area contributed by atoms with E-state index < -0.39 is 0 Å². The average Bonchev–Trinajstić information content (AvgIpc) is 2.87. The van der Waals surface area contributed by atoms with Crippen molar-refractivity contribution in [2.75, 3.05) is 27.2 Å². The van der Waals surface area contributed by atoms with Gasteiger partial charge in [-0.2, -0.15) is 11.3 Å². The minimum atomic E-state index is -0.141. The lowest BCUT2D eigenvalue weighted by molar-refractivity contribution is -0.163. The van der Waals surface area contributed by atoms with Crippen molar-refractivity contribution in [3.05, 3.63) is 28.4 Å². The molecule has 2 heterocycles. The van der Waals surface area contributed by atoms with Gasteiger partial charge in [0, 0.05) is 36.9 Å². The number of hydrogen-bond donors (Lipinski definition) is 0. The molecular weight excluding hydrogens is 256 g/mol.